The Hall–Kier alpha value is -1.02. The molecule has 6 heteroatoms. The van der Waals surface area contributed by atoms with E-state index < -0.39 is 0 Å². The molecule has 0 aliphatic rings. The van der Waals surface area contributed by atoms with Crippen molar-refractivity contribution >= 4 is 29.9 Å². The first-order chi connectivity index (χ1) is 12.2. The summed E-state index contributed by atoms with van der Waals surface area (Å²) in [5.74, 6) is 2.08. The minimum atomic E-state index is 0. The van der Waals surface area contributed by atoms with Crippen LogP contribution in [0.5, 0.6) is 5.75 Å². The van der Waals surface area contributed by atoms with Gasteiger partial charge in [0.2, 0.25) is 0 Å². The van der Waals surface area contributed by atoms with Gasteiger partial charge in [0.25, 0.3) is 0 Å². The average Bonchev–Trinajstić information content (AvgIpc) is 2.64. The number of ether oxygens (including phenoxy) is 2. The summed E-state index contributed by atoms with van der Waals surface area (Å²) in [6.07, 6.45) is 3.30. The van der Waals surface area contributed by atoms with Crippen LogP contribution in [0.25, 0.3) is 0 Å². The normalized spacial score (nSPS) is 12.2. The topological polar surface area (TPSA) is 54.9 Å². The fourth-order valence-corrected chi connectivity index (χ4v) is 2.47. The fraction of sp³-hybridized carbons (Fsp3) is 0.650. The smallest absolute Gasteiger partial charge is 0.191 e. The van der Waals surface area contributed by atoms with Crippen molar-refractivity contribution in [2.24, 2.45) is 4.99 Å². The average molecular weight is 477 g/mol. The van der Waals surface area contributed by atoms with Gasteiger partial charge in [0.1, 0.15) is 5.75 Å². The molecule has 0 saturated carbocycles. The Kier molecular flexibility index (Phi) is 15.5. The highest BCUT2D eigenvalue weighted by molar-refractivity contribution is 14.0. The molecule has 0 aliphatic carbocycles. The van der Waals surface area contributed by atoms with Crippen LogP contribution in [0.4, 0.5) is 0 Å². The lowest BCUT2D eigenvalue weighted by Crippen LogP contribution is -2.38. The molecule has 26 heavy (non-hydrogen) atoms. The molecule has 0 aromatic heterocycles. The van der Waals surface area contributed by atoms with Crippen LogP contribution in [0.1, 0.15) is 51.5 Å². The lowest BCUT2D eigenvalue weighted by molar-refractivity contribution is 0.129. The standard InChI is InChI=1S/C20H35N3O2.HI/c1-5-7-14-25-15-10-13-22-20(21-6-2)23-16-17(3)18-11-8-9-12-19(18)24-4;/h8-9,11-12,17H,5-7,10,13-16H2,1-4H3,(H2,21,22,23);1H. The number of nitrogens with one attached hydrogen (secondary N) is 2. The molecule has 0 amide bonds. The van der Waals surface area contributed by atoms with Crippen molar-refractivity contribution < 1.29 is 9.47 Å². The third-order valence-corrected chi connectivity index (χ3v) is 3.94. The minimum absolute atomic E-state index is 0. The SMILES string of the molecule is CCCCOCCCNC(=NCC(C)c1ccccc1OC)NCC.I. The van der Waals surface area contributed by atoms with Crippen molar-refractivity contribution in [2.45, 2.75) is 46.0 Å². The maximum absolute atomic E-state index is 5.58. The van der Waals surface area contributed by atoms with E-state index in [0.717, 1.165) is 50.9 Å². The number of methoxy groups -OCH3 is 1. The van der Waals surface area contributed by atoms with Crippen molar-refractivity contribution in [3.8, 4) is 5.75 Å². The number of para-hydroxylation sites is 1. The maximum atomic E-state index is 5.58. The molecule has 0 aliphatic heterocycles. The third kappa shape index (κ3) is 10.2. The Morgan fingerprint density at radius 2 is 1.85 bits per heavy atom. The van der Waals surface area contributed by atoms with Gasteiger partial charge in [0.05, 0.1) is 7.11 Å². The van der Waals surface area contributed by atoms with Crippen molar-refractivity contribution in [1.29, 1.82) is 0 Å². The van der Waals surface area contributed by atoms with E-state index in [1.807, 2.05) is 18.2 Å². The van der Waals surface area contributed by atoms with Gasteiger partial charge in [-0.15, -0.1) is 24.0 Å². The molecule has 0 heterocycles. The summed E-state index contributed by atoms with van der Waals surface area (Å²) >= 11 is 0. The van der Waals surface area contributed by atoms with E-state index in [4.69, 9.17) is 14.5 Å². The summed E-state index contributed by atoms with van der Waals surface area (Å²) in [7, 11) is 1.71. The van der Waals surface area contributed by atoms with Crippen LogP contribution in [0.15, 0.2) is 29.3 Å². The van der Waals surface area contributed by atoms with Crippen LogP contribution in [0, 0.1) is 0 Å². The van der Waals surface area contributed by atoms with Crippen LogP contribution in [0.3, 0.4) is 0 Å². The highest BCUT2D eigenvalue weighted by Crippen LogP contribution is 2.26. The van der Waals surface area contributed by atoms with Crippen molar-refractivity contribution in [2.75, 3.05) is 40.0 Å². The third-order valence-electron chi connectivity index (χ3n) is 3.94. The van der Waals surface area contributed by atoms with Gasteiger partial charge in [0.15, 0.2) is 5.96 Å². The summed E-state index contributed by atoms with van der Waals surface area (Å²) < 4.78 is 11.0. The molecule has 5 nitrogen and oxygen atoms in total. The molecule has 0 spiro atoms. The Morgan fingerprint density at radius 1 is 1.12 bits per heavy atom. The number of hydrogen-bond acceptors (Lipinski definition) is 3. The predicted octanol–water partition coefficient (Wildman–Crippen LogP) is 4.18. The van der Waals surface area contributed by atoms with E-state index in [1.54, 1.807) is 7.11 Å². The number of unbranched alkanes of at least 4 members (excludes halogenated alkanes) is 1. The monoisotopic (exact) mass is 477 g/mol. The van der Waals surface area contributed by atoms with Gasteiger partial charge in [-0.3, -0.25) is 4.99 Å². The first kappa shape index (κ1) is 25.0. The van der Waals surface area contributed by atoms with Crippen LogP contribution in [-0.2, 0) is 4.74 Å². The maximum Gasteiger partial charge on any atom is 0.191 e. The van der Waals surface area contributed by atoms with Gasteiger partial charge in [0, 0.05) is 38.8 Å². The Bertz CT molecular complexity index is 498. The van der Waals surface area contributed by atoms with Gasteiger partial charge in [-0.25, -0.2) is 0 Å². The summed E-state index contributed by atoms with van der Waals surface area (Å²) in [6, 6.07) is 8.14. The van der Waals surface area contributed by atoms with E-state index in [2.05, 4.69) is 37.5 Å². The Balaban J connectivity index is 0.00000625. The van der Waals surface area contributed by atoms with Gasteiger partial charge in [-0.05, 0) is 31.4 Å². The highest BCUT2D eigenvalue weighted by atomic mass is 127. The molecule has 2 N–H and O–H groups in total. The minimum Gasteiger partial charge on any atom is -0.496 e. The second kappa shape index (κ2) is 16.2. The van der Waals surface area contributed by atoms with Crippen LogP contribution >= 0.6 is 24.0 Å². The summed E-state index contributed by atoms with van der Waals surface area (Å²) in [5, 5.41) is 6.67. The molecular weight excluding hydrogens is 441 g/mol. The molecule has 1 rings (SSSR count). The molecule has 0 bridgehead atoms. The quantitative estimate of drug-likeness (QED) is 0.205. The zero-order chi connectivity index (χ0) is 18.3. The Morgan fingerprint density at radius 3 is 2.54 bits per heavy atom. The van der Waals surface area contributed by atoms with E-state index in [0.29, 0.717) is 12.5 Å². The summed E-state index contributed by atoms with van der Waals surface area (Å²) in [4.78, 5) is 4.71. The first-order valence-corrected chi connectivity index (χ1v) is 9.45. The molecule has 150 valence electrons. The van der Waals surface area contributed by atoms with Crippen molar-refractivity contribution in [1.82, 2.24) is 10.6 Å². The molecule has 0 saturated heterocycles. The predicted molar refractivity (Wildman–Crippen MR) is 121 cm³/mol. The molecular formula is C20H36IN3O2. The van der Waals surface area contributed by atoms with E-state index in [-0.39, 0.29) is 24.0 Å². The zero-order valence-corrected chi connectivity index (χ0v) is 19.0. The van der Waals surface area contributed by atoms with Crippen LogP contribution in [0.2, 0.25) is 0 Å². The molecule has 0 fully saturated rings. The number of nitrogens with zero attached hydrogens (tertiary/aromatic N) is 1. The molecule has 1 unspecified atom stereocenters. The first-order valence-electron chi connectivity index (χ1n) is 9.45. The molecule has 1 aromatic rings. The number of hydrogen-bond donors (Lipinski definition) is 2. The second-order valence-electron chi connectivity index (χ2n) is 6.11. The van der Waals surface area contributed by atoms with Gasteiger partial charge in [-0.1, -0.05) is 38.5 Å². The van der Waals surface area contributed by atoms with Gasteiger partial charge < -0.3 is 20.1 Å². The molecule has 1 aromatic carbocycles. The van der Waals surface area contributed by atoms with Crippen LogP contribution < -0.4 is 15.4 Å². The van der Waals surface area contributed by atoms with Gasteiger partial charge in [-0.2, -0.15) is 0 Å². The van der Waals surface area contributed by atoms with E-state index in [1.165, 1.54) is 12.0 Å². The zero-order valence-electron chi connectivity index (χ0n) is 16.7. The van der Waals surface area contributed by atoms with E-state index in [9.17, 15) is 0 Å². The number of halogens is 1. The Labute approximate surface area is 176 Å². The lowest BCUT2D eigenvalue weighted by Gasteiger charge is -2.16. The number of benzene rings is 1. The van der Waals surface area contributed by atoms with Crippen LogP contribution in [-0.4, -0.2) is 45.9 Å². The number of rotatable bonds is 12. The molecule has 0 radical (unpaired) electrons. The lowest BCUT2D eigenvalue weighted by atomic mass is 10.0. The second-order valence-corrected chi connectivity index (χ2v) is 6.11. The number of aliphatic imine (C=N–C) groups is 1. The summed E-state index contributed by atoms with van der Waals surface area (Å²) in [6.45, 7) is 10.5. The van der Waals surface area contributed by atoms with Gasteiger partial charge >= 0.3 is 0 Å². The molecule has 1 atom stereocenters. The summed E-state index contributed by atoms with van der Waals surface area (Å²) in [5.41, 5.74) is 1.19. The van der Waals surface area contributed by atoms with E-state index >= 15 is 0 Å². The largest absolute Gasteiger partial charge is 0.496 e. The van der Waals surface area contributed by atoms with Crippen molar-refractivity contribution in [3.63, 3.8) is 0 Å². The highest BCUT2D eigenvalue weighted by Gasteiger charge is 2.10. The fourth-order valence-electron chi connectivity index (χ4n) is 2.47. The van der Waals surface area contributed by atoms with Crippen molar-refractivity contribution in [3.05, 3.63) is 29.8 Å². The number of guanidine groups is 1.